The summed E-state index contributed by atoms with van der Waals surface area (Å²) in [5, 5.41) is 3.99. The number of hydrogen-bond acceptors (Lipinski definition) is 6. The van der Waals surface area contributed by atoms with Crippen LogP contribution in [-0.2, 0) is 4.74 Å². The summed E-state index contributed by atoms with van der Waals surface area (Å²) in [5.41, 5.74) is 3.95. The summed E-state index contributed by atoms with van der Waals surface area (Å²) in [5.74, 6) is 2.28. The van der Waals surface area contributed by atoms with E-state index < -0.39 is 5.97 Å². The number of esters is 1. The molecule has 8 heteroatoms. The van der Waals surface area contributed by atoms with Crippen LogP contribution in [0, 0.1) is 6.92 Å². The number of carbonyl (C=O) groups is 1. The number of hydrogen-bond donors (Lipinski definition) is 1. The van der Waals surface area contributed by atoms with Crippen molar-refractivity contribution in [1.82, 2.24) is 10.3 Å². The average molecular weight is 562 g/mol. The Morgan fingerprint density at radius 1 is 0.902 bits per heavy atom. The number of ether oxygens (including phenoxy) is 2. The van der Waals surface area contributed by atoms with Gasteiger partial charge in [-0.2, -0.15) is 0 Å². The van der Waals surface area contributed by atoms with E-state index in [-0.39, 0.29) is 12.1 Å². The highest BCUT2D eigenvalue weighted by atomic mass is 32.1. The van der Waals surface area contributed by atoms with E-state index >= 15 is 0 Å². The molecule has 2 atom stereocenters. The number of aromatic nitrogens is 1. The van der Waals surface area contributed by atoms with Gasteiger partial charge >= 0.3 is 5.97 Å². The maximum Gasteiger partial charge on any atom is 0.338 e. The second-order valence-electron chi connectivity index (χ2n) is 9.64. The molecule has 0 radical (unpaired) electrons. The fourth-order valence-electron chi connectivity index (χ4n) is 4.98. The lowest BCUT2D eigenvalue weighted by molar-refractivity contribution is 0.0601. The predicted octanol–water partition coefficient (Wildman–Crippen LogP) is 7.41. The Morgan fingerprint density at radius 2 is 1.61 bits per heavy atom. The number of methoxy groups -OCH3 is 1. The third-order valence-corrected chi connectivity index (χ3v) is 7.30. The highest BCUT2D eigenvalue weighted by Crippen LogP contribution is 2.43. The zero-order valence-corrected chi connectivity index (χ0v) is 23.3. The van der Waals surface area contributed by atoms with Crippen LogP contribution < -0.4 is 15.0 Å². The van der Waals surface area contributed by atoms with E-state index in [4.69, 9.17) is 26.1 Å². The molecule has 1 aliphatic rings. The van der Waals surface area contributed by atoms with Crippen molar-refractivity contribution in [2.24, 2.45) is 0 Å². The Bertz CT molecular complexity index is 1680. The summed E-state index contributed by atoms with van der Waals surface area (Å²) < 4.78 is 17.5. The van der Waals surface area contributed by atoms with Gasteiger partial charge in [0, 0.05) is 17.4 Å². The number of thiocarbonyl (C=S) groups is 1. The fraction of sp³-hybridized carbons (Fsp3) is 0.121. The molecule has 0 saturated carbocycles. The summed E-state index contributed by atoms with van der Waals surface area (Å²) in [7, 11) is 1.37. The van der Waals surface area contributed by atoms with Crippen molar-refractivity contribution in [2.75, 3.05) is 12.0 Å². The molecule has 1 aliphatic heterocycles. The van der Waals surface area contributed by atoms with Gasteiger partial charge in [0.2, 0.25) is 0 Å². The van der Waals surface area contributed by atoms with Gasteiger partial charge in [-0.25, -0.2) is 4.79 Å². The van der Waals surface area contributed by atoms with Gasteiger partial charge < -0.3 is 24.1 Å². The van der Waals surface area contributed by atoms with Crippen LogP contribution in [0.3, 0.4) is 0 Å². The molecule has 1 fully saturated rings. The highest BCUT2D eigenvalue weighted by Gasteiger charge is 2.42. The van der Waals surface area contributed by atoms with Crippen molar-refractivity contribution in [3.8, 4) is 22.8 Å². The van der Waals surface area contributed by atoms with Crippen molar-refractivity contribution in [3.63, 3.8) is 0 Å². The molecule has 2 unspecified atom stereocenters. The Balaban J connectivity index is 1.36. The topological polar surface area (TPSA) is 76.8 Å². The normalized spacial score (nSPS) is 16.3. The van der Waals surface area contributed by atoms with Gasteiger partial charge in [0.1, 0.15) is 29.1 Å². The second-order valence-corrected chi connectivity index (χ2v) is 10.0. The van der Waals surface area contributed by atoms with Crippen LogP contribution in [0.25, 0.3) is 11.3 Å². The molecule has 0 bridgehead atoms. The van der Waals surface area contributed by atoms with Crippen molar-refractivity contribution in [3.05, 3.63) is 132 Å². The van der Waals surface area contributed by atoms with Crippen LogP contribution >= 0.6 is 12.2 Å². The predicted molar refractivity (Wildman–Crippen MR) is 161 cm³/mol. The molecule has 41 heavy (non-hydrogen) atoms. The first-order valence-corrected chi connectivity index (χ1v) is 13.6. The fourth-order valence-corrected chi connectivity index (χ4v) is 5.33. The molecule has 6 rings (SSSR count). The maximum atomic E-state index is 12.4. The molecule has 1 saturated heterocycles. The summed E-state index contributed by atoms with van der Waals surface area (Å²) in [6.45, 7) is 2.04. The summed E-state index contributed by atoms with van der Waals surface area (Å²) >= 11 is 5.85. The number of anilines is 1. The van der Waals surface area contributed by atoms with Crippen molar-refractivity contribution in [1.29, 1.82) is 0 Å². The minimum Gasteiger partial charge on any atom is -0.465 e. The number of benzene rings is 3. The van der Waals surface area contributed by atoms with Gasteiger partial charge in [-0.05, 0) is 85.9 Å². The SMILES string of the molecule is COC(=O)c1ccccc1-c1ccc(C2C(c3ccccn3)NC(=S)N2c2ccc(Oc3ccc(C)cc3)cc2)o1. The number of carbonyl (C=O) groups excluding carboxylic acids is 1. The maximum absolute atomic E-state index is 12.4. The molecule has 204 valence electrons. The van der Waals surface area contributed by atoms with Gasteiger partial charge in [-0.1, -0.05) is 42.0 Å². The first-order valence-electron chi connectivity index (χ1n) is 13.1. The number of nitrogens with zero attached hydrogens (tertiary/aromatic N) is 2. The number of rotatable bonds is 7. The molecule has 0 spiro atoms. The van der Waals surface area contributed by atoms with Gasteiger partial charge in [0.05, 0.1) is 24.4 Å². The van der Waals surface area contributed by atoms with Crippen molar-refractivity contribution in [2.45, 2.75) is 19.0 Å². The Hall–Kier alpha value is -4.95. The molecule has 1 N–H and O–H groups in total. The highest BCUT2D eigenvalue weighted by molar-refractivity contribution is 7.80. The summed E-state index contributed by atoms with van der Waals surface area (Å²) in [6, 6.07) is 31.9. The largest absolute Gasteiger partial charge is 0.465 e. The van der Waals surface area contributed by atoms with Crippen LogP contribution in [0.15, 0.2) is 114 Å². The van der Waals surface area contributed by atoms with E-state index in [0.29, 0.717) is 33.5 Å². The molecular formula is C33H27N3O4S. The molecule has 7 nitrogen and oxygen atoms in total. The molecule has 3 aromatic carbocycles. The van der Waals surface area contributed by atoms with Crippen LogP contribution in [0.2, 0.25) is 0 Å². The number of furan rings is 1. The van der Waals surface area contributed by atoms with E-state index in [9.17, 15) is 4.79 Å². The molecule has 5 aromatic rings. The smallest absolute Gasteiger partial charge is 0.338 e. The van der Waals surface area contributed by atoms with E-state index in [0.717, 1.165) is 17.1 Å². The minimum atomic E-state index is -0.428. The third kappa shape index (κ3) is 5.29. The molecule has 2 aromatic heterocycles. The number of pyridine rings is 1. The quantitative estimate of drug-likeness (QED) is 0.163. The zero-order valence-electron chi connectivity index (χ0n) is 22.5. The zero-order chi connectivity index (χ0) is 28.3. The Labute approximate surface area is 243 Å². The van der Waals surface area contributed by atoms with Crippen LogP contribution in [0.5, 0.6) is 11.5 Å². The molecule has 0 amide bonds. The molecule has 0 aliphatic carbocycles. The lowest BCUT2D eigenvalue weighted by Crippen LogP contribution is -2.29. The van der Waals surface area contributed by atoms with Gasteiger partial charge in [-0.3, -0.25) is 4.98 Å². The standard InChI is InChI=1S/C33H27N3O4S/c1-21-10-14-23(15-11-21)39-24-16-12-22(13-17-24)36-31(30(35-33(36)41)27-9-5-6-20-34-27)29-19-18-28(40-29)25-7-3-4-8-26(25)32(37)38-2/h3-20,30-31H,1-2H3,(H,35,41). The number of aryl methyl sites for hydroxylation is 1. The van der Waals surface area contributed by atoms with E-state index in [1.54, 1.807) is 18.3 Å². The third-order valence-electron chi connectivity index (χ3n) is 6.99. The van der Waals surface area contributed by atoms with Gasteiger partial charge in [-0.15, -0.1) is 0 Å². The first-order chi connectivity index (χ1) is 20.0. The lowest BCUT2D eigenvalue weighted by Gasteiger charge is -2.26. The van der Waals surface area contributed by atoms with Crippen molar-refractivity contribution < 1.29 is 18.7 Å². The van der Waals surface area contributed by atoms with E-state index in [1.807, 2.05) is 103 Å². The van der Waals surface area contributed by atoms with Crippen molar-refractivity contribution >= 4 is 29.0 Å². The van der Waals surface area contributed by atoms with Crippen LogP contribution in [0.4, 0.5) is 5.69 Å². The Kier molecular flexibility index (Phi) is 7.22. The Morgan fingerprint density at radius 3 is 2.32 bits per heavy atom. The second kappa shape index (κ2) is 11.3. The van der Waals surface area contributed by atoms with E-state index in [1.165, 1.54) is 12.7 Å². The summed E-state index contributed by atoms with van der Waals surface area (Å²) in [6.07, 6.45) is 1.76. The van der Waals surface area contributed by atoms with Gasteiger partial charge in [0.25, 0.3) is 0 Å². The molecular weight excluding hydrogens is 534 g/mol. The van der Waals surface area contributed by atoms with Crippen LogP contribution in [0.1, 0.15) is 39.5 Å². The van der Waals surface area contributed by atoms with Crippen LogP contribution in [-0.4, -0.2) is 23.2 Å². The number of nitrogens with one attached hydrogen (secondary N) is 1. The molecule has 3 heterocycles. The minimum absolute atomic E-state index is 0.276. The van der Waals surface area contributed by atoms with E-state index in [2.05, 4.69) is 10.3 Å². The monoisotopic (exact) mass is 561 g/mol. The first kappa shape index (κ1) is 26.3. The average Bonchev–Trinajstić information content (AvgIpc) is 3.63. The summed E-state index contributed by atoms with van der Waals surface area (Å²) in [4.78, 5) is 19.1. The van der Waals surface area contributed by atoms with Gasteiger partial charge in [0.15, 0.2) is 5.11 Å². The lowest BCUT2D eigenvalue weighted by atomic mass is 10.0.